The van der Waals surface area contributed by atoms with E-state index in [1.54, 1.807) is 4.68 Å². The van der Waals surface area contributed by atoms with Gasteiger partial charge in [-0.15, -0.1) is 0 Å². The minimum atomic E-state index is 0.612. The van der Waals surface area contributed by atoms with Crippen molar-refractivity contribution >= 4 is 32.7 Å². The summed E-state index contributed by atoms with van der Waals surface area (Å²) in [5.41, 5.74) is 8.95. The predicted molar refractivity (Wildman–Crippen MR) is 79.1 cm³/mol. The zero-order chi connectivity index (χ0) is 13.6. The molecule has 5 heteroatoms. The van der Waals surface area contributed by atoms with Crippen LogP contribution in [-0.2, 0) is 6.54 Å². The molecule has 0 saturated heterocycles. The largest absolute Gasteiger partial charge is 0.461 e. The van der Waals surface area contributed by atoms with Gasteiger partial charge in [-0.2, -0.15) is 5.10 Å². The molecule has 19 heavy (non-hydrogen) atoms. The highest BCUT2D eigenvalue weighted by molar-refractivity contribution is 9.10. The number of anilines is 1. The summed E-state index contributed by atoms with van der Waals surface area (Å²) < 4.78 is 8.41. The fourth-order valence-electron chi connectivity index (χ4n) is 2.27. The van der Waals surface area contributed by atoms with Gasteiger partial charge in [0.2, 0.25) is 0 Å². The number of hydrogen-bond donors (Lipinski definition) is 1. The average molecular weight is 320 g/mol. The normalized spacial score (nSPS) is 11.3. The van der Waals surface area contributed by atoms with Gasteiger partial charge in [-0.1, -0.05) is 18.2 Å². The van der Waals surface area contributed by atoms with Gasteiger partial charge in [-0.05, 0) is 35.8 Å². The van der Waals surface area contributed by atoms with E-state index in [1.807, 2.05) is 32.0 Å². The molecule has 0 saturated carbocycles. The van der Waals surface area contributed by atoms with Crippen molar-refractivity contribution in [3.8, 4) is 0 Å². The Kier molecular flexibility index (Phi) is 2.86. The van der Waals surface area contributed by atoms with Crippen LogP contribution in [0, 0.1) is 13.8 Å². The van der Waals surface area contributed by atoms with Crippen LogP contribution in [0.4, 0.5) is 5.82 Å². The Morgan fingerprint density at radius 3 is 2.74 bits per heavy atom. The highest BCUT2D eigenvalue weighted by Gasteiger charge is 2.15. The second-order valence-corrected chi connectivity index (χ2v) is 5.37. The Morgan fingerprint density at radius 1 is 1.32 bits per heavy atom. The van der Waals surface area contributed by atoms with Gasteiger partial charge in [-0.3, -0.25) is 0 Å². The van der Waals surface area contributed by atoms with Crippen molar-refractivity contribution in [2.75, 3.05) is 5.73 Å². The van der Waals surface area contributed by atoms with Gasteiger partial charge in [0.15, 0.2) is 0 Å². The molecule has 0 bridgehead atoms. The van der Waals surface area contributed by atoms with Crippen LogP contribution in [0.2, 0.25) is 0 Å². The third kappa shape index (κ3) is 1.94. The molecule has 0 spiro atoms. The Morgan fingerprint density at radius 2 is 2.05 bits per heavy atom. The number of hydrogen-bond acceptors (Lipinski definition) is 3. The number of aryl methyl sites for hydroxylation is 2. The lowest BCUT2D eigenvalue weighted by molar-refractivity contribution is 0.564. The van der Waals surface area contributed by atoms with E-state index in [9.17, 15) is 0 Å². The molecule has 0 fully saturated rings. The second-order valence-electron chi connectivity index (χ2n) is 4.58. The number of halogens is 1. The smallest absolute Gasteiger partial charge is 0.136 e. The average Bonchev–Trinajstić information content (AvgIpc) is 2.83. The lowest BCUT2D eigenvalue weighted by Gasteiger charge is -2.03. The maximum Gasteiger partial charge on any atom is 0.136 e. The molecule has 0 aliphatic carbocycles. The van der Waals surface area contributed by atoms with Gasteiger partial charge in [0.1, 0.15) is 17.2 Å². The molecule has 0 radical (unpaired) electrons. The van der Waals surface area contributed by atoms with Gasteiger partial charge in [-0.25, -0.2) is 4.68 Å². The van der Waals surface area contributed by atoms with Gasteiger partial charge < -0.3 is 10.2 Å². The quantitative estimate of drug-likeness (QED) is 0.784. The van der Waals surface area contributed by atoms with Crippen LogP contribution in [0.25, 0.3) is 11.0 Å². The van der Waals surface area contributed by atoms with Crippen molar-refractivity contribution in [3.63, 3.8) is 0 Å². The highest BCUT2D eigenvalue weighted by atomic mass is 79.9. The van der Waals surface area contributed by atoms with Gasteiger partial charge in [0.25, 0.3) is 0 Å². The van der Waals surface area contributed by atoms with Crippen LogP contribution < -0.4 is 5.73 Å². The van der Waals surface area contributed by atoms with E-state index in [0.29, 0.717) is 12.4 Å². The molecule has 0 atom stereocenters. The van der Waals surface area contributed by atoms with Crippen LogP contribution >= 0.6 is 15.9 Å². The molecule has 2 heterocycles. The standard InChI is InChI=1S/C14H14BrN3O/c1-8-13(15)14(16)18(17-8)7-11-9(2)19-12-6-4-3-5-10(11)12/h3-6H,7,16H2,1-2H3. The molecule has 2 N–H and O–H groups in total. The first-order valence-corrected chi connectivity index (χ1v) is 6.82. The number of rotatable bonds is 2. The summed E-state index contributed by atoms with van der Waals surface area (Å²) in [6.07, 6.45) is 0. The molecule has 0 aliphatic rings. The number of nitrogen functional groups attached to an aromatic ring is 1. The molecule has 0 amide bonds. The Balaban J connectivity index is 2.10. The second kappa shape index (κ2) is 4.42. The third-order valence-corrected chi connectivity index (χ3v) is 4.28. The maximum absolute atomic E-state index is 6.04. The minimum Gasteiger partial charge on any atom is -0.461 e. The van der Waals surface area contributed by atoms with E-state index in [0.717, 1.165) is 32.5 Å². The summed E-state index contributed by atoms with van der Waals surface area (Å²) in [6.45, 7) is 4.51. The lowest BCUT2D eigenvalue weighted by Crippen LogP contribution is -2.06. The van der Waals surface area contributed by atoms with E-state index < -0.39 is 0 Å². The number of nitrogens with zero attached hydrogens (tertiary/aromatic N) is 2. The summed E-state index contributed by atoms with van der Waals surface area (Å²) in [7, 11) is 0. The number of para-hydroxylation sites is 1. The molecule has 3 rings (SSSR count). The van der Waals surface area contributed by atoms with Crippen molar-refractivity contribution in [1.82, 2.24) is 9.78 Å². The van der Waals surface area contributed by atoms with Crippen LogP contribution in [0.1, 0.15) is 17.0 Å². The van der Waals surface area contributed by atoms with Crippen molar-refractivity contribution in [2.45, 2.75) is 20.4 Å². The summed E-state index contributed by atoms with van der Waals surface area (Å²) >= 11 is 3.44. The zero-order valence-corrected chi connectivity index (χ0v) is 12.4. The maximum atomic E-state index is 6.04. The topological polar surface area (TPSA) is 57.0 Å². The third-order valence-electron chi connectivity index (χ3n) is 3.30. The number of fused-ring (bicyclic) bond motifs is 1. The Hall–Kier alpha value is -1.75. The zero-order valence-electron chi connectivity index (χ0n) is 10.8. The summed E-state index contributed by atoms with van der Waals surface area (Å²) in [6, 6.07) is 8.01. The van der Waals surface area contributed by atoms with E-state index in [4.69, 9.17) is 10.2 Å². The van der Waals surface area contributed by atoms with Crippen LogP contribution in [0.15, 0.2) is 33.2 Å². The molecular weight excluding hydrogens is 306 g/mol. The molecular formula is C14H14BrN3O. The van der Waals surface area contributed by atoms with Crippen molar-refractivity contribution in [3.05, 3.63) is 45.8 Å². The minimum absolute atomic E-state index is 0.612. The summed E-state index contributed by atoms with van der Waals surface area (Å²) in [4.78, 5) is 0. The number of benzene rings is 1. The fraction of sp³-hybridized carbons (Fsp3) is 0.214. The van der Waals surface area contributed by atoms with Crippen LogP contribution in [0.5, 0.6) is 0 Å². The number of aromatic nitrogens is 2. The molecule has 4 nitrogen and oxygen atoms in total. The molecule has 2 aromatic heterocycles. The van der Waals surface area contributed by atoms with E-state index in [1.165, 1.54) is 0 Å². The SMILES string of the molecule is Cc1nn(Cc2c(C)oc3ccccc23)c(N)c1Br. The first-order valence-electron chi connectivity index (χ1n) is 6.03. The summed E-state index contributed by atoms with van der Waals surface area (Å²) in [5.74, 6) is 1.55. The number of furan rings is 1. The first kappa shape index (κ1) is 12.3. The first-order chi connectivity index (χ1) is 9.08. The van der Waals surface area contributed by atoms with Gasteiger partial charge in [0, 0.05) is 10.9 Å². The predicted octanol–water partition coefficient (Wildman–Crippen LogP) is 3.64. The molecule has 0 unspecified atom stereocenters. The molecule has 1 aromatic carbocycles. The van der Waals surface area contributed by atoms with Gasteiger partial charge >= 0.3 is 0 Å². The van der Waals surface area contributed by atoms with Crippen molar-refractivity contribution < 1.29 is 4.42 Å². The molecule has 3 aromatic rings. The van der Waals surface area contributed by atoms with E-state index in [-0.39, 0.29) is 0 Å². The molecule has 98 valence electrons. The molecule has 0 aliphatic heterocycles. The Labute approximate surface area is 119 Å². The van der Waals surface area contributed by atoms with E-state index in [2.05, 4.69) is 27.1 Å². The fourth-order valence-corrected chi connectivity index (χ4v) is 2.55. The van der Waals surface area contributed by atoms with E-state index >= 15 is 0 Å². The number of nitrogens with two attached hydrogens (primary N) is 1. The van der Waals surface area contributed by atoms with Gasteiger partial charge in [0.05, 0.1) is 16.7 Å². The van der Waals surface area contributed by atoms with Crippen molar-refractivity contribution in [1.29, 1.82) is 0 Å². The lowest BCUT2D eigenvalue weighted by atomic mass is 10.1. The summed E-state index contributed by atoms with van der Waals surface area (Å²) in [5, 5.41) is 5.55. The Bertz CT molecular complexity index is 757. The van der Waals surface area contributed by atoms with Crippen LogP contribution in [0.3, 0.4) is 0 Å². The van der Waals surface area contributed by atoms with Crippen molar-refractivity contribution in [2.24, 2.45) is 0 Å². The highest BCUT2D eigenvalue weighted by Crippen LogP contribution is 2.28. The van der Waals surface area contributed by atoms with Crippen LogP contribution in [-0.4, -0.2) is 9.78 Å². The monoisotopic (exact) mass is 319 g/mol.